The minimum Gasteiger partial charge on any atom is -0.381 e. The Kier molecular flexibility index (Phi) is 7.99. The fourth-order valence-electron chi connectivity index (χ4n) is 1.14. The number of nitrogens with two attached hydrogens (primary N) is 1. The summed E-state index contributed by atoms with van der Waals surface area (Å²) in [6, 6.07) is 0. The van der Waals surface area contributed by atoms with E-state index in [1.54, 1.807) is 0 Å². The number of nitrogens with one attached hydrogen (secondary N) is 1. The largest absolute Gasteiger partial charge is 0.381 e. The minimum absolute atomic E-state index is 0.0226. The van der Waals surface area contributed by atoms with E-state index in [0.717, 1.165) is 32.6 Å². The molecular formula is C12H27N3O. The summed E-state index contributed by atoms with van der Waals surface area (Å²) in [5, 5.41) is 3.12. The first-order chi connectivity index (χ1) is 7.45. The molecule has 0 atom stereocenters. The number of hydrogen-bond donors (Lipinski definition) is 2. The maximum absolute atomic E-state index is 5.72. The van der Waals surface area contributed by atoms with Crippen LogP contribution in [0.4, 0.5) is 0 Å². The van der Waals surface area contributed by atoms with E-state index in [1.165, 1.54) is 6.42 Å². The number of rotatable bonds is 7. The summed E-state index contributed by atoms with van der Waals surface area (Å²) in [5.74, 6) is 0.515. The molecule has 0 aromatic carbocycles. The molecular weight excluding hydrogens is 202 g/mol. The van der Waals surface area contributed by atoms with Gasteiger partial charge in [0, 0.05) is 25.3 Å². The van der Waals surface area contributed by atoms with Gasteiger partial charge < -0.3 is 15.8 Å². The zero-order chi connectivity index (χ0) is 12.4. The lowest BCUT2D eigenvalue weighted by Crippen LogP contribution is -2.45. The van der Waals surface area contributed by atoms with E-state index < -0.39 is 0 Å². The van der Waals surface area contributed by atoms with Gasteiger partial charge in [0.15, 0.2) is 5.96 Å². The second kappa shape index (κ2) is 8.39. The fourth-order valence-corrected chi connectivity index (χ4v) is 1.14. The molecule has 0 aliphatic rings. The molecule has 0 aliphatic carbocycles. The third-order valence-electron chi connectivity index (χ3n) is 1.87. The van der Waals surface area contributed by atoms with Gasteiger partial charge in [0.25, 0.3) is 0 Å². The van der Waals surface area contributed by atoms with Gasteiger partial charge in [-0.25, -0.2) is 0 Å². The second-order valence-corrected chi connectivity index (χ2v) is 4.96. The predicted molar refractivity (Wildman–Crippen MR) is 69.7 cm³/mol. The van der Waals surface area contributed by atoms with Crippen LogP contribution in [0.5, 0.6) is 0 Å². The standard InChI is InChI=1S/C12H27N3O/c1-5-6-9-16-10-7-8-14-11(13)15-12(2,3)4/h5-10H2,1-4H3,(H3,13,14,15). The maximum Gasteiger partial charge on any atom is 0.188 e. The average molecular weight is 229 g/mol. The summed E-state index contributed by atoms with van der Waals surface area (Å²) in [6.45, 7) is 10.7. The monoisotopic (exact) mass is 229 g/mol. The van der Waals surface area contributed by atoms with E-state index in [-0.39, 0.29) is 5.54 Å². The van der Waals surface area contributed by atoms with Crippen LogP contribution in [-0.2, 0) is 4.74 Å². The van der Waals surface area contributed by atoms with Gasteiger partial charge >= 0.3 is 0 Å². The zero-order valence-electron chi connectivity index (χ0n) is 11.2. The average Bonchev–Trinajstić information content (AvgIpc) is 2.13. The molecule has 96 valence electrons. The fraction of sp³-hybridized carbons (Fsp3) is 0.917. The van der Waals surface area contributed by atoms with Crippen molar-refractivity contribution < 1.29 is 4.74 Å². The first-order valence-electron chi connectivity index (χ1n) is 6.11. The molecule has 0 amide bonds. The summed E-state index contributed by atoms with van der Waals surface area (Å²) in [4.78, 5) is 4.23. The summed E-state index contributed by atoms with van der Waals surface area (Å²) in [6.07, 6.45) is 3.24. The van der Waals surface area contributed by atoms with Crippen molar-refractivity contribution in [3.05, 3.63) is 0 Å². The highest BCUT2D eigenvalue weighted by Crippen LogP contribution is 1.97. The van der Waals surface area contributed by atoms with Crippen LogP contribution in [0.15, 0.2) is 4.99 Å². The Bertz CT molecular complexity index is 197. The van der Waals surface area contributed by atoms with Crippen LogP contribution in [0.25, 0.3) is 0 Å². The van der Waals surface area contributed by atoms with Crippen molar-refractivity contribution in [2.75, 3.05) is 19.8 Å². The lowest BCUT2D eigenvalue weighted by atomic mass is 10.1. The molecule has 4 nitrogen and oxygen atoms in total. The van der Waals surface area contributed by atoms with Crippen LogP contribution in [0.1, 0.15) is 47.0 Å². The number of nitrogens with zero attached hydrogens (tertiary/aromatic N) is 1. The lowest BCUT2D eigenvalue weighted by Gasteiger charge is -2.20. The highest BCUT2D eigenvalue weighted by Gasteiger charge is 2.09. The first-order valence-corrected chi connectivity index (χ1v) is 6.11. The molecule has 0 fully saturated rings. The number of unbranched alkanes of at least 4 members (excludes halogenated alkanes) is 1. The second-order valence-electron chi connectivity index (χ2n) is 4.96. The Balaban J connectivity index is 3.45. The third-order valence-corrected chi connectivity index (χ3v) is 1.87. The molecule has 0 aromatic heterocycles. The molecule has 0 rings (SSSR count). The Morgan fingerprint density at radius 2 is 1.88 bits per heavy atom. The number of aliphatic imine (C=N–C) groups is 1. The van der Waals surface area contributed by atoms with Crippen molar-refractivity contribution in [2.45, 2.75) is 52.5 Å². The molecule has 3 N–H and O–H groups in total. The van der Waals surface area contributed by atoms with E-state index in [9.17, 15) is 0 Å². The molecule has 0 aliphatic heterocycles. The molecule has 0 saturated heterocycles. The zero-order valence-corrected chi connectivity index (χ0v) is 11.2. The maximum atomic E-state index is 5.72. The van der Waals surface area contributed by atoms with Crippen LogP contribution < -0.4 is 11.1 Å². The normalized spacial score (nSPS) is 12.9. The van der Waals surface area contributed by atoms with Crippen molar-refractivity contribution in [3.8, 4) is 0 Å². The van der Waals surface area contributed by atoms with Crippen molar-refractivity contribution in [1.82, 2.24) is 5.32 Å². The van der Waals surface area contributed by atoms with E-state index in [1.807, 2.05) is 0 Å². The van der Waals surface area contributed by atoms with Gasteiger partial charge in [-0.1, -0.05) is 13.3 Å². The Morgan fingerprint density at radius 3 is 2.44 bits per heavy atom. The lowest BCUT2D eigenvalue weighted by molar-refractivity contribution is 0.130. The Morgan fingerprint density at radius 1 is 1.25 bits per heavy atom. The highest BCUT2D eigenvalue weighted by atomic mass is 16.5. The topological polar surface area (TPSA) is 59.6 Å². The Labute approximate surface area is 99.7 Å². The molecule has 16 heavy (non-hydrogen) atoms. The summed E-state index contributed by atoms with van der Waals surface area (Å²) in [5.41, 5.74) is 5.70. The van der Waals surface area contributed by atoms with Gasteiger partial charge in [-0.05, 0) is 33.6 Å². The minimum atomic E-state index is -0.0226. The first kappa shape index (κ1) is 15.2. The molecule has 0 spiro atoms. The summed E-state index contributed by atoms with van der Waals surface area (Å²) < 4.78 is 5.43. The molecule has 0 saturated carbocycles. The predicted octanol–water partition coefficient (Wildman–Crippen LogP) is 1.90. The molecule has 0 heterocycles. The third kappa shape index (κ3) is 11.3. The molecule has 0 bridgehead atoms. The smallest absolute Gasteiger partial charge is 0.188 e. The van der Waals surface area contributed by atoms with Gasteiger partial charge in [0.05, 0.1) is 0 Å². The van der Waals surface area contributed by atoms with Crippen molar-refractivity contribution in [3.63, 3.8) is 0 Å². The van der Waals surface area contributed by atoms with E-state index in [4.69, 9.17) is 10.5 Å². The van der Waals surface area contributed by atoms with Gasteiger partial charge in [-0.15, -0.1) is 0 Å². The Hall–Kier alpha value is -0.770. The van der Waals surface area contributed by atoms with E-state index >= 15 is 0 Å². The molecule has 0 unspecified atom stereocenters. The molecule has 0 aromatic rings. The van der Waals surface area contributed by atoms with Crippen LogP contribution in [0, 0.1) is 0 Å². The summed E-state index contributed by atoms with van der Waals surface area (Å²) in [7, 11) is 0. The van der Waals surface area contributed by atoms with Gasteiger partial charge in [-0.3, -0.25) is 4.99 Å². The molecule has 4 heteroatoms. The van der Waals surface area contributed by atoms with Crippen LogP contribution in [0.2, 0.25) is 0 Å². The van der Waals surface area contributed by atoms with Crippen LogP contribution in [-0.4, -0.2) is 31.3 Å². The van der Waals surface area contributed by atoms with E-state index in [2.05, 4.69) is 38.0 Å². The van der Waals surface area contributed by atoms with Gasteiger partial charge in [-0.2, -0.15) is 0 Å². The quantitative estimate of drug-likeness (QED) is 0.398. The molecule has 0 radical (unpaired) electrons. The van der Waals surface area contributed by atoms with Crippen molar-refractivity contribution >= 4 is 5.96 Å². The van der Waals surface area contributed by atoms with Crippen molar-refractivity contribution in [2.24, 2.45) is 10.7 Å². The highest BCUT2D eigenvalue weighted by molar-refractivity contribution is 5.78. The summed E-state index contributed by atoms with van der Waals surface area (Å²) >= 11 is 0. The number of ether oxygens (including phenoxy) is 1. The number of hydrogen-bond acceptors (Lipinski definition) is 2. The number of guanidine groups is 1. The van der Waals surface area contributed by atoms with E-state index in [0.29, 0.717) is 5.96 Å². The van der Waals surface area contributed by atoms with Crippen LogP contribution >= 0.6 is 0 Å². The van der Waals surface area contributed by atoms with Crippen LogP contribution in [0.3, 0.4) is 0 Å². The SMILES string of the molecule is CCCCOCCCN=C(N)NC(C)(C)C. The van der Waals surface area contributed by atoms with Gasteiger partial charge in [0.1, 0.15) is 0 Å². The van der Waals surface area contributed by atoms with Gasteiger partial charge in [0.2, 0.25) is 0 Å². The van der Waals surface area contributed by atoms with Crippen molar-refractivity contribution in [1.29, 1.82) is 0 Å².